The molecule has 1 aliphatic heterocycles. The Hall–Kier alpha value is -2.14. The first kappa shape index (κ1) is 15.7. The highest BCUT2D eigenvalue weighted by molar-refractivity contribution is 5.43. The smallest absolute Gasteiger partial charge is 0.268 e. The summed E-state index contributed by atoms with van der Waals surface area (Å²) in [7, 11) is 2.14. The van der Waals surface area contributed by atoms with Gasteiger partial charge in [-0.1, -0.05) is 30.3 Å². The standard InChI is InChI=1S/C18H24N4O/c1-20-9-5-10-21(13-12-20)17-14-18(23)22(19-15-17)11-8-16-6-3-2-4-7-16/h2-4,6-7,14-15H,5,8-13H2,1H3. The average Bonchev–Trinajstić information content (AvgIpc) is 2.79. The molecule has 0 unspecified atom stereocenters. The number of aryl methyl sites for hydroxylation is 2. The summed E-state index contributed by atoms with van der Waals surface area (Å²) in [6, 6.07) is 11.9. The average molecular weight is 312 g/mol. The SMILES string of the molecule is CN1CCCN(c2cnn(CCc3ccccc3)c(=O)c2)CC1. The lowest BCUT2D eigenvalue weighted by molar-refractivity contribution is 0.360. The van der Waals surface area contributed by atoms with E-state index in [0.29, 0.717) is 6.54 Å². The summed E-state index contributed by atoms with van der Waals surface area (Å²) in [4.78, 5) is 16.9. The van der Waals surface area contributed by atoms with Crippen LogP contribution in [0.2, 0.25) is 0 Å². The molecule has 3 rings (SSSR count). The van der Waals surface area contributed by atoms with Crippen molar-refractivity contribution in [1.29, 1.82) is 0 Å². The molecule has 0 atom stereocenters. The van der Waals surface area contributed by atoms with E-state index < -0.39 is 0 Å². The number of hydrogen-bond acceptors (Lipinski definition) is 4. The van der Waals surface area contributed by atoms with Crippen molar-refractivity contribution in [3.05, 3.63) is 58.5 Å². The summed E-state index contributed by atoms with van der Waals surface area (Å²) >= 11 is 0. The molecular formula is C18H24N4O. The molecule has 0 spiro atoms. The number of hydrogen-bond donors (Lipinski definition) is 0. The van der Waals surface area contributed by atoms with E-state index in [1.54, 1.807) is 10.7 Å². The molecule has 0 radical (unpaired) electrons. The van der Waals surface area contributed by atoms with E-state index in [4.69, 9.17) is 0 Å². The number of rotatable bonds is 4. The molecule has 23 heavy (non-hydrogen) atoms. The normalized spacial score (nSPS) is 16.3. The van der Waals surface area contributed by atoms with Gasteiger partial charge >= 0.3 is 0 Å². The van der Waals surface area contributed by atoms with Crippen LogP contribution >= 0.6 is 0 Å². The van der Waals surface area contributed by atoms with Gasteiger partial charge in [0.05, 0.1) is 11.9 Å². The monoisotopic (exact) mass is 312 g/mol. The van der Waals surface area contributed by atoms with Crippen molar-refractivity contribution in [3.8, 4) is 0 Å². The molecule has 1 fully saturated rings. The predicted octanol–water partition coefficient (Wildman–Crippen LogP) is 1.63. The van der Waals surface area contributed by atoms with E-state index in [1.165, 1.54) is 5.56 Å². The summed E-state index contributed by atoms with van der Waals surface area (Å²) in [5.41, 5.74) is 2.15. The quantitative estimate of drug-likeness (QED) is 0.860. The van der Waals surface area contributed by atoms with Gasteiger partial charge in [0.15, 0.2) is 0 Å². The second-order valence-corrected chi connectivity index (χ2v) is 6.15. The third-order valence-electron chi connectivity index (χ3n) is 4.39. The fourth-order valence-corrected chi connectivity index (χ4v) is 2.95. The number of nitrogens with zero attached hydrogens (tertiary/aromatic N) is 4. The molecule has 2 aromatic rings. The van der Waals surface area contributed by atoms with Crippen molar-refractivity contribution in [3.63, 3.8) is 0 Å². The molecular weight excluding hydrogens is 288 g/mol. The Morgan fingerprint density at radius 2 is 1.91 bits per heavy atom. The van der Waals surface area contributed by atoms with Gasteiger partial charge in [-0.15, -0.1) is 0 Å². The van der Waals surface area contributed by atoms with Gasteiger partial charge in [-0.05, 0) is 32.0 Å². The van der Waals surface area contributed by atoms with Crippen molar-refractivity contribution >= 4 is 5.69 Å². The second-order valence-electron chi connectivity index (χ2n) is 6.15. The Kier molecular flexibility index (Phi) is 5.08. The lowest BCUT2D eigenvalue weighted by Crippen LogP contribution is -2.31. The zero-order valence-corrected chi connectivity index (χ0v) is 13.7. The Morgan fingerprint density at radius 3 is 2.70 bits per heavy atom. The van der Waals surface area contributed by atoms with Crippen molar-refractivity contribution in [2.45, 2.75) is 19.4 Å². The van der Waals surface area contributed by atoms with Crippen molar-refractivity contribution in [2.75, 3.05) is 38.1 Å². The van der Waals surface area contributed by atoms with Crippen molar-refractivity contribution in [1.82, 2.24) is 14.7 Å². The van der Waals surface area contributed by atoms with Gasteiger partial charge in [-0.2, -0.15) is 5.10 Å². The van der Waals surface area contributed by atoms with Gasteiger partial charge in [0.2, 0.25) is 0 Å². The summed E-state index contributed by atoms with van der Waals surface area (Å²) in [5.74, 6) is 0. The molecule has 5 heteroatoms. The molecule has 122 valence electrons. The fourth-order valence-electron chi connectivity index (χ4n) is 2.95. The lowest BCUT2D eigenvalue weighted by Gasteiger charge is -2.22. The summed E-state index contributed by atoms with van der Waals surface area (Å²) in [6.07, 6.45) is 3.77. The highest BCUT2D eigenvalue weighted by atomic mass is 16.1. The van der Waals surface area contributed by atoms with E-state index in [-0.39, 0.29) is 5.56 Å². The Morgan fingerprint density at radius 1 is 1.09 bits per heavy atom. The van der Waals surface area contributed by atoms with E-state index in [2.05, 4.69) is 34.1 Å². The van der Waals surface area contributed by atoms with Crippen LogP contribution in [0.15, 0.2) is 47.4 Å². The highest BCUT2D eigenvalue weighted by Gasteiger charge is 2.13. The summed E-state index contributed by atoms with van der Waals surface area (Å²) in [6.45, 7) is 4.69. The lowest BCUT2D eigenvalue weighted by atomic mass is 10.1. The maximum atomic E-state index is 12.3. The zero-order chi connectivity index (χ0) is 16.1. The highest BCUT2D eigenvalue weighted by Crippen LogP contribution is 2.12. The molecule has 1 aromatic heterocycles. The van der Waals surface area contributed by atoms with Crippen LogP contribution < -0.4 is 10.5 Å². The third kappa shape index (κ3) is 4.20. The molecule has 1 aliphatic rings. The number of benzene rings is 1. The molecule has 0 amide bonds. The topological polar surface area (TPSA) is 41.4 Å². The van der Waals surface area contributed by atoms with Gasteiger partial charge in [0.25, 0.3) is 5.56 Å². The second kappa shape index (κ2) is 7.42. The van der Waals surface area contributed by atoms with Crippen LogP contribution in [0.5, 0.6) is 0 Å². The third-order valence-corrected chi connectivity index (χ3v) is 4.39. The zero-order valence-electron chi connectivity index (χ0n) is 13.7. The fraction of sp³-hybridized carbons (Fsp3) is 0.444. The molecule has 0 aliphatic carbocycles. The minimum Gasteiger partial charge on any atom is -0.369 e. The number of aromatic nitrogens is 2. The van der Waals surface area contributed by atoms with Gasteiger partial charge in [-0.25, -0.2) is 4.68 Å². The Balaban J connectivity index is 1.67. The number of anilines is 1. The molecule has 0 saturated carbocycles. The van der Waals surface area contributed by atoms with Crippen LogP contribution in [-0.2, 0) is 13.0 Å². The maximum Gasteiger partial charge on any atom is 0.268 e. The van der Waals surface area contributed by atoms with E-state index in [9.17, 15) is 4.79 Å². The first-order valence-corrected chi connectivity index (χ1v) is 8.27. The minimum absolute atomic E-state index is 0.0176. The van der Waals surface area contributed by atoms with E-state index >= 15 is 0 Å². The summed E-state index contributed by atoms with van der Waals surface area (Å²) < 4.78 is 1.56. The molecule has 0 bridgehead atoms. The van der Waals surface area contributed by atoms with Crippen LogP contribution in [0.4, 0.5) is 5.69 Å². The van der Waals surface area contributed by atoms with Gasteiger partial charge in [0.1, 0.15) is 0 Å². The van der Waals surface area contributed by atoms with Crippen LogP contribution in [0.25, 0.3) is 0 Å². The summed E-state index contributed by atoms with van der Waals surface area (Å²) in [5, 5.41) is 4.37. The molecule has 2 heterocycles. The first-order chi connectivity index (χ1) is 11.2. The largest absolute Gasteiger partial charge is 0.369 e. The van der Waals surface area contributed by atoms with Crippen LogP contribution in [0, 0.1) is 0 Å². The van der Waals surface area contributed by atoms with Gasteiger partial charge in [-0.3, -0.25) is 4.79 Å². The van der Waals surface area contributed by atoms with Crippen molar-refractivity contribution < 1.29 is 0 Å². The molecule has 0 N–H and O–H groups in total. The predicted molar refractivity (Wildman–Crippen MR) is 93.0 cm³/mol. The van der Waals surface area contributed by atoms with E-state index in [0.717, 1.165) is 44.7 Å². The Labute approximate surface area is 137 Å². The van der Waals surface area contributed by atoms with Gasteiger partial charge in [0, 0.05) is 32.2 Å². The minimum atomic E-state index is -0.0176. The van der Waals surface area contributed by atoms with Crippen LogP contribution in [-0.4, -0.2) is 47.9 Å². The van der Waals surface area contributed by atoms with E-state index in [1.807, 2.05) is 24.4 Å². The Bertz CT molecular complexity index is 683. The number of likely N-dealkylation sites (N-methyl/N-ethyl adjacent to an activating group) is 1. The van der Waals surface area contributed by atoms with Crippen LogP contribution in [0.3, 0.4) is 0 Å². The molecule has 1 saturated heterocycles. The molecule has 5 nitrogen and oxygen atoms in total. The van der Waals surface area contributed by atoms with Crippen molar-refractivity contribution in [2.24, 2.45) is 0 Å². The van der Waals surface area contributed by atoms with Crippen LogP contribution in [0.1, 0.15) is 12.0 Å². The van der Waals surface area contributed by atoms with Gasteiger partial charge < -0.3 is 9.80 Å². The molecule has 1 aromatic carbocycles. The maximum absolute atomic E-state index is 12.3. The first-order valence-electron chi connectivity index (χ1n) is 8.27.